The van der Waals surface area contributed by atoms with E-state index in [4.69, 9.17) is 32.6 Å². The lowest BCUT2D eigenvalue weighted by atomic mass is 9.75. The highest BCUT2D eigenvalue weighted by atomic mass is 35.5. The monoisotopic (exact) mass is 463 g/mol. The number of aliphatic carboxylic acids is 1. The van der Waals surface area contributed by atoms with Gasteiger partial charge in [-0.05, 0) is 65.9 Å². The van der Waals surface area contributed by atoms with Crippen molar-refractivity contribution in [1.29, 1.82) is 0 Å². The second-order valence-corrected chi connectivity index (χ2v) is 8.87. The van der Waals surface area contributed by atoms with E-state index in [0.29, 0.717) is 33.7 Å². The number of hydrogen-bond acceptors (Lipinski definition) is 3. The van der Waals surface area contributed by atoms with Crippen LogP contribution in [0, 0.1) is 5.92 Å². The van der Waals surface area contributed by atoms with E-state index in [1.165, 1.54) is 0 Å². The Morgan fingerprint density at radius 3 is 2.75 bits per heavy atom. The van der Waals surface area contributed by atoms with Gasteiger partial charge in [-0.2, -0.15) is 0 Å². The second kappa shape index (κ2) is 8.12. The fourth-order valence-corrected chi connectivity index (χ4v) is 4.83. The molecule has 2 atom stereocenters. The molecule has 1 aliphatic rings. The van der Waals surface area contributed by atoms with Crippen molar-refractivity contribution >= 4 is 51.7 Å². The number of allylic oxidation sites excluding steroid dienone is 1. The average Bonchev–Trinajstić information content (AvgIpc) is 3.22. The number of benzene rings is 2. The molecule has 0 aliphatic heterocycles. The van der Waals surface area contributed by atoms with Crippen LogP contribution in [0.4, 0.5) is 0 Å². The third-order valence-corrected chi connectivity index (χ3v) is 6.75. The average molecular weight is 464 g/mol. The summed E-state index contributed by atoms with van der Waals surface area (Å²) in [6.45, 7) is 1.96. The molecule has 4 nitrogen and oxygen atoms in total. The van der Waals surface area contributed by atoms with Gasteiger partial charge < -0.3 is 9.52 Å². The van der Waals surface area contributed by atoms with Crippen LogP contribution in [0.25, 0.3) is 33.9 Å². The molecular formula is C26H19Cl2NO3. The molecule has 0 spiro atoms. The van der Waals surface area contributed by atoms with Crippen LogP contribution >= 0.6 is 23.2 Å². The zero-order valence-electron chi connectivity index (χ0n) is 17.2. The van der Waals surface area contributed by atoms with Crippen LogP contribution in [-0.4, -0.2) is 16.1 Å². The minimum atomic E-state index is -0.828. The molecule has 4 aromatic rings. The summed E-state index contributed by atoms with van der Waals surface area (Å²) in [5.41, 5.74) is 3.96. The minimum Gasteiger partial charge on any atom is -0.481 e. The molecule has 1 N–H and O–H groups in total. The van der Waals surface area contributed by atoms with Crippen LogP contribution in [0.1, 0.15) is 36.3 Å². The maximum atomic E-state index is 12.1. The van der Waals surface area contributed by atoms with Crippen LogP contribution in [-0.2, 0) is 4.79 Å². The molecule has 0 amide bonds. The van der Waals surface area contributed by atoms with E-state index in [1.807, 2.05) is 67.6 Å². The molecular weight excluding hydrogens is 445 g/mol. The SMILES string of the molecule is CC1C/C(=C\c2ccc(-c3cccc(Cl)c3Cl)o2)c2nc3ccccc3cc2C1C(=O)O. The third kappa shape index (κ3) is 3.60. The molecule has 6 heteroatoms. The number of fused-ring (bicyclic) bond motifs is 2. The number of furan rings is 1. The number of aromatic nitrogens is 1. The number of carboxylic acids is 1. The number of carboxylic acid groups (broad SMARTS) is 1. The van der Waals surface area contributed by atoms with E-state index >= 15 is 0 Å². The first-order valence-corrected chi connectivity index (χ1v) is 11.1. The molecule has 32 heavy (non-hydrogen) atoms. The number of nitrogens with zero attached hydrogens (tertiary/aromatic N) is 1. The number of para-hydroxylation sites is 1. The molecule has 160 valence electrons. The maximum absolute atomic E-state index is 12.1. The van der Waals surface area contributed by atoms with Crippen molar-refractivity contribution in [2.75, 3.05) is 0 Å². The normalized spacial score (nSPS) is 19.3. The van der Waals surface area contributed by atoms with Gasteiger partial charge in [0, 0.05) is 10.9 Å². The van der Waals surface area contributed by atoms with E-state index < -0.39 is 11.9 Å². The van der Waals surface area contributed by atoms with E-state index in [-0.39, 0.29) is 5.92 Å². The Balaban J connectivity index is 1.62. The fraction of sp³-hybridized carbons (Fsp3) is 0.154. The van der Waals surface area contributed by atoms with Crippen molar-refractivity contribution < 1.29 is 14.3 Å². The summed E-state index contributed by atoms with van der Waals surface area (Å²) in [7, 11) is 0. The van der Waals surface area contributed by atoms with E-state index in [1.54, 1.807) is 6.07 Å². The lowest BCUT2D eigenvalue weighted by Crippen LogP contribution is -2.25. The number of carbonyl (C=O) groups is 1. The Hall–Kier alpha value is -3.08. The lowest BCUT2D eigenvalue weighted by Gasteiger charge is -2.30. The van der Waals surface area contributed by atoms with Crippen LogP contribution in [0.15, 0.2) is 65.1 Å². The molecule has 0 bridgehead atoms. The van der Waals surface area contributed by atoms with Crippen LogP contribution in [0.5, 0.6) is 0 Å². The molecule has 0 saturated carbocycles. The topological polar surface area (TPSA) is 63.3 Å². The summed E-state index contributed by atoms with van der Waals surface area (Å²) >= 11 is 12.5. The zero-order chi connectivity index (χ0) is 22.4. The van der Waals surface area contributed by atoms with E-state index in [0.717, 1.165) is 27.6 Å². The van der Waals surface area contributed by atoms with Crippen molar-refractivity contribution in [1.82, 2.24) is 4.98 Å². The highest BCUT2D eigenvalue weighted by molar-refractivity contribution is 6.43. The van der Waals surface area contributed by atoms with Gasteiger partial charge in [-0.25, -0.2) is 4.98 Å². The molecule has 2 heterocycles. The third-order valence-electron chi connectivity index (χ3n) is 5.93. The molecule has 5 rings (SSSR count). The summed E-state index contributed by atoms with van der Waals surface area (Å²) in [5.74, 6) is -0.246. The van der Waals surface area contributed by atoms with Crippen LogP contribution in [0.3, 0.4) is 0 Å². The first-order chi connectivity index (χ1) is 15.4. The van der Waals surface area contributed by atoms with Crippen molar-refractivity contribution in [2.45, 2.75) is 19.3 Å². The summed E-state index contributed by atoms with van der Waals surface area (Å²) in [5, 5.41) is 11.7. The van der Waals surface area contributed by atoms with Gasteiger partial charge in [0.2, 0.25) is 0 Å². The van der Waals surface area contributed by atoms with Gasteiger partial charge in [0.15, 0.2) is 0 Å². The van der Waals surface area contributed by atoms with Gasteiger partial charge in [0.25, 0.3) is 0 Å². The largest absolute Gasteiger partial charge is 0.481 e. The van der Waals surface area contributed by atoms with E-state index in [2.05, 4.69) is 0 Å². The predicted octanol–water partition coefficient (Wildman–Crippen LogP) is 7.55. The van der Waals surface area contributed by atoms with Gasteiger partial charge in [0.1, 0.15) is 11.5 Å². The van der Waals surface area contributed by atoms with Crippen LogP contribution < -0.4 is 0 Å². The second-order valence-electron chi connectivity index (χ2n) is 8.09. The Morgan fingerprint density at radius 1 is 1.12 bits per heavy atom. The van der Waals surface area contributed by atoms with Gasteiger partial charge in [-0.1, -0.05) is 54.4 Å². The molecule has 1 aliphatic carbocycles. The number of halogens is 2. The van der Waals surface area contributed by atoms with Gasteiger partial charge in [-0.15, -0.1) is 0 Å². The summed E-state index contributed by atoms with van der Waals surface area (Å²) in [6, 6.07) is 18.8. The molecule has 0 saturated heterocycles. The minimum absolute atomic E-state index is 0.0778. The Labute approximate surface area is 195 Å². The first kappa shape index (κ1) is 20.8. The molecule has 2 aromatic heterocycles. The molecule has 0 radical (unpaired) electrons. The number of pyridine rings is 1. The zero-order valence-corrected chi connectivity index (χ0v) is 18.7. The Bertz CT molecular complexity index is 1390. The van der Waals surface area contributed by atoms with Crippen molar-refractivity contribution in [2.24, 2.45) is 5.92 Å². The fourth-order valence-electron chi connectivity index (χ4n) is 4.44. The highest BCUT2D eigenvalue weighted by Gasteiger charge is 2.35. The summed E-state index contributed by atoms with van der Waals surface area (Å²) < 4.78 is 6.06. The number of hydrogen-bond donors (Lipinski definition) is 1. The Morgan fingerprint density at radius 2 is 1.94 bits per heavy atom. The van der Waals surface area contributed by atoms with Crippen LogP contribution in [0.2, 0.25) is 10.0 Å². The van der Waals surface area contributed by atoms with Crippen molar-refractivity contribution in [3.63, 3.8) is 0 Å². The van der Waals surface area contributed by atoms with Gasteiger partial charge in [-0.3, -0.25) is 4.79 Å². The number of rotatable bonds is 3. The van der Waals surface area contributed by atoms with Gasteiger partial charge in [0.05, 0.1) is 27.2 Å². The van der Waals surface area contributed by atoms with Gasteiger partial charge >= 0.3 is 5.97 Å². The van der Waals surface area contributed by atoms with Crippen molar-refractivity contribution in [3.8, 4) is 11.3 Å². The molecule has 2 aromatic carbocycles. The predicted molar refractivity (Wildman–Crippen MR) is 128 cm³/mol. The van der Waals surface area contributed by atoms with E-state index in [9.17, 15) is 9.90 Å². The highest BCUT2D eigenvalue weighted by Crippen LogP contribution is 2.43. The maximum Gasteiger partial charge on any atom is 0.311 e. The molecule has 2 unspecified atom stereocenters. The molecule has 0 fully saturated rings. The summed E-state index contributed by atoms with van der Waals surface area (Å²) in [4.78, 5) is 16.9. The first-order valence-electron chi connectivity index (χ1n) is 10.3. The smallest absolute Gasteiger partial charge is 0.311 e. The summed E-state index contributed by atoms with van der Waals surface area (Å²) in [6.07, 6.45) is 2.53. The standard InChI is InChI=1S/C26H19Cl2NO3/c1-14-11-16(12-17-9-10-22(32-17)18-6-4-7-20(27)24(18)28)25-19(23(14)26(30)31)13-15-5-2-3-8-21(15)29-25/h2-10,12-14,23H,11H2,1H3,(H,30,31)/b16-12+. The lowest BCUT2D eigenvalue weighted by molar-refractivity contribution is -0.140. The quantitative estimate of drug-likeness (QED) is 0.340. The van der Waals surface area contributed by atoms with Crippen molar-refractivity contribution in [3.05, 3.63) is 87.7 Å². The Kier molecular flexibility index (Phi) is 5.28.